The molecule has 0 bridgehead atoms. The second kappa shape index (κ2) is 3.45. The lowest BCUT2D eigenvalue weighted by Crippen LogP contribution is -2.49. The Morgan fingerprint density at radius 3 is 1.90 bits per heavy atom. The third-order valence-corrected chi connectivity index (χ3v) is 1.15. The lowest BCUT2D eigenvalue weighted by atomic mass is 10.1. The van der Waals surface area contributed by atoms with Gasteiger partial charge < -0.3 is 15.3 Å². The summed E-state index contributed by atoms with van der Waals surface area (Å²) in [4.78, 5) is 9.07. The predicted octanol–water partition coefficient (Wildman–Crippen LogP) is -2.02. The first-order valence-corrected chi connectivity index (χ1v) is 2.48. The average molecular weight is 152 g/mol. The highest BCUT2D eigenvalue weighted by Crippen LogP contribution is 2.05. The molecule has 3 N–H and O–H groups in total. The Bertz CT molecular complexity index is 145. The highest BCUT2D eigenvalue weighted by atomic mass is 16.6. The van der Waals surface area contributed by atoms with Gasteiger partial charge in [0.25, 0.3) is 5.54 Å². The van der Waals surface area contributed by atoms with Crippen LogP contribution >= 0.6 is 0 Å². The summed E-state index contributed by atoms with van der Waals surface area (Å²) in [6, 6.07) is 0. The Balaban J connectivity index is 4.61. The zero-order valence-corrected chi connectivity index (χ0v) is 5.10. The van der Waals surface area contributed by atoms with Crippen LogP contribution in [0.15, 0.2) is 0 Å². The Morgan fingerprint density at radius 1 is 1.50 bits per heavy atom. The van der Waals surface area contributed by atoms with Crippen LogP contribution in [0, 0.1) is 10.1 Å². The van der Waals surface area contributed by atoms with E-state index in [1.54, 1.807) is 0 Å². The van der Waals surface area contributed by atoms with E-state index in [2.05, 4.69) is 0 Å². The van der Waals surface area contributed by atoms with Crippen molar-refractivity contribution in [1.82, 2.24) is 0 Å². The Hall–Kier alpha value is -0.720. The summed E-state index contributed by atoms with van der Waals surface area (Å²) in [6.45, 7) is -4.27. The number of nitrogens with zero attached hydrogens (tertiary/aromatic N) is 1. The number of aliphatic hydroxyl groups is 3. The average Bonchev–Trinajstić information content (AvgIpc) is 1.90. The number of rotatable bonds is 4. The molecule has 6 heteroatoms. The number of hydrogen-bond acceptors (Lipinski definition) is 5. The van der Waals surface area contributed by atoms with Crippen molar-refractivity contribution < 1.29 is 21.6 Å². The molecule has 0 aliphatic rings. The molecule has 0 saturated carbocycles. The third-order valence-electron chi connectivity index (χ3n) is 1.15. The molecule has 0 aliphatic heterocycles. The number of aliphatic hydroxyl groups excluding tert-OH is 3. The van der Waals surface area contributed by atoms with E-state index >= 15 is 0 Å². The van der Waals surface area contributed by atoms with E-state index in [0.717, 1.165) is 0 Å². The van der Waals surface area contributed by atoms with Crippen molar-refractivity contribution in [1.29, 1.82) is 0 Å². The zero-order valence-electron chi connectivity index (χ0n) is 6.10. The maximum Gasteiger partial charge on any atom is 0.289 e. The fourth-order valence-electron chi connectivity index (χ4n) is 0.294. The third kappa shape index (κ3) is 1.41. The maximum atomic E-state index is 10.1. The minimum atomic E-state index is -2.36. The van der Waals surface area contributed by atoms with E-state index in [1.165, 1.54) is 0 Å². The van der Waals surface area contributed by atoms with Crippen LogP contribution in [0.4, 0.5) is 0 Å². The zero-order chi connectivity index (χ0) is 9.07. The number of nitro groups is 1. The van der Waals surface area contributed by atoms with E-state index in [0.29, 0.717) is 0 Å². The highest BCUT2D eigenvalue weighted by Gasteiger charge is 2.41. The van der Waals surface area contributed by atoms with Crippen molar-refractivity contribution >= 4 is 0 Å². The molecule has 0 aliphatic carbocycles. The van der Waals surface area contributed by atoms with Gasteiger partial charge in [-0.15, -0.1) is 0 Å². The molecule has 0 saturated heterocycles. The van der Waals surface area contributed by atoms with Crippen molar-refractivity contribution in [2.75, 3.05) is 19.8 Å². The minimum absolute atomic E-state index is 1.06. The summed E-state index contributed by atoms with van der Waals surface area (Å²) in [5.41, 5.74) is -2.36. The van der Waals surface area contributed by atoms with Gasteiger partial charge in [0.2, 0.25) is 0 Å². The molecule has 10 heavy (non-hydrogen) atoms. The van der Waals surface area contributed by atoms with Crippen LogP contribution in [0.2, 0.25) is 0 Å². The van der Waals surface area contributed by atoms with Gasteiger partial charge >= 0.3 is 0 Å². The summed E-state index contributed by atoms with van der Waals surface area (Å²) in [5, 5.41) is 35.5. The summed E-state index contributed by atoms with van der Waals surface area (Å²) in [6.07, 6.45) is 0. The Kier molecular flexibility index (Phi) is 2.55. The van der Waals surface area contributed by atoms with Gasteiger partial charge in [0.1, 0.15) is 19.8 Å². The second-order valence-corrected chi connectivity index (χ2v) is 1.81. The second-order valence-electron chi connectivity index (χ2n) is 1.81. The van der Waals surface area contributed by atoms with Gasteiger partial charge in [-0.25, -0.2) is 0 Å². The fourth-order valence-corrected chi connectivity index (χ4v) is 0.294. The first kappa shape index (κ1) is 7.39. The summed E-state index contributed by atoms with van der Waals surface area (Å²) >= 11 is 0. The van der Waals surface area contributed by atoms with Crippen LogP contribution < -0.4 is 0 Å². The van der Waals surface area contributed by atoms with Gasteiger partial charge in [0, 0.05) is 4.92 Å². The van der Waals surface area contributed by atoms with Crippen molar-refractivity contribution in [3.8, 4) is 0 Å². The van der Waals surface area contributed by atoms with Crippen LogP contribution in [0.1, 0.15) is 1.37 Å². The minimum Gasteiger partial charge on any atom is -0.389 e. The summed E-state index contributed by atoms with van der Waals surface area (Å²) in [7, 11) is 0. The van der Waals surface area contributed by atoms with E-state index in [4.69, 9.17) is 16.7 Å². The molecule has 0 rings (SSSR count). The van der Waals surface area contributed by atoms with Gasteiger partial charge in [-0.2, -0.15) is 0 Å². The lowest BCUT2D eigenvalue weighted by Gasteiger charge is -2.16. The van der Waals surface area contributed by atoms with E-state index < -0.39 is 30.3 Å². The molecule has 0 amide bonds. The van der Waals surface area contributed by atoms with Gasteiger partial charge in [0.05, 0.1) is 1.37 Å². The molecule has 60 valence electrons. The summed E-state index contributed by atoms with van der Waals surface area (Å²) in [5.74, 6) is 0. The van der Waals surface area contributed by atoms with Gasteiger partial charge in [-0.3, -0.25) is 10.1 Å². The molecular weight excluding hydrogens is 142 g/mol. The molecular formula is C4H9NO5. The molecule has 0 aromatic rings. The first-order valence-electron chi connectivity index (χ1n) is 3.05. The van der Waals surface area contributed by atoms with Crippen molar-refractivity contribution in [2.45, 2.75) is 5.54 Å². The molecule has 0 fully saturated rings. The normalized spacial score (nSPS) is 16.1. The van der Waals surface area contributed by atoms with Crippen LogP contribution in [0.5, 0.6) is 0 Å². The van der Waals surface area contributed by atoms with Crippen LogP contribution in [-0.2, 0) is 0 Å². The SMILES string of the molecule is [2H]C(O)C(CO)(CO)[N+](=O)[O-]. The van der Waals surface area contributed by atoms with Crippen molar-refractivity contribution in [3.63, 3.8) is 0 Å². The quantitative estimate of drug-likeness (QED) is 0.318. The molecule has 6 nitrogen and oxygen atoms in total. The first-order chi connectivity index (χ1) is 5.01. The molecule has 1 atom stereocenters. The van der Waals surface area contributed by atoms with Crippen molar-refractivity contribution in [3.05, 3.63) is 10.1 Å². The summed E-state index contributed by atoms with van der Waals surface area (Å²) < 4.78 is 6.61. The topological polar surface area (TPSA) is 104 Å². The highest BCUT2D eigenvalue weighted by molar-refractivity contribution is 4.75. The van der Waals surface area contributed by atoms with Crippen LogP contribution in [0.25, 0.3) is 0 Å². The molecule has 0 radical (unpaired) electrons. The van der Waals surface area contributed by atoms with E-state index in [9.17, 15) is 10.1 Å². The molecule has 0 aromatic heterocycles. The van der Waals surface area contributed by atoms with Gasteiger partial charge in [0.15, 0.2) is 0 Å². The standard InChI is InChI=1S/C4H9NO5/c6-1-4(2-7,3-8)5(9)10/h6-8H,1-3H2/i1D. The van der Waals surface area contributed by atoms with Crippen LogP contribution in [0.3, 0.4) is 0 Å². The smallest absolute Gasteiger partial charge is 0.289 e. The monoisotopic (exact) mass is 152 g/mol. The van der Waals surface area contributed by atoms with Crippen molar-refractivity contribution in [2.24, 2.45) is 0 Å². The Morgan fingerprint density at radius 2 is 1.90 bits per heavy atom. The number of hydrogen-bond donors (Lipinski definition) is 3. The maximum absolute atomic E-state index is 10.1. The van der Waals surface area contributed by atoms with E-state index in [1.807, 2.05) is 0 Å². The molecule has 1 unspecified atom stereocenters. The predicted molar refractivity (Wildman–Crippen MR) is 31.0 cm³/mol. The molecule has 0 heterocycles. The van der Waals surface area contributed by atoms with E-state index in [-0.39, 0.29) is 0 Å². The van der Waals surface area contributed by atoms with Gasteiger partial charge in [-0.05, 0) is 0 Å². The largest absolute Gasteiger partial charge is 0.389 e. The molecule has 0 spiro atoms. The lowest BCUT2D eigenvalue weighted by molar-refractivity contribution is -0.580. The van der Waals surface area contributed by atoms with Crippen LogP contribution in [-0.4, -0.2) is 45.6 Å². The van der Waals surface area contributed by atoms with Gasteiger partial charge in [-0.1, -0.05) is 0 Å². The fraction of sp³-hybridized carbons (Fsp3) is 1.00. The Labute approximate surface area is 58.3 Å². The molecule has 0 aromatic carbocycles.